The largest absolute Gasteiger partial charge is 0.455 e. The van der Waals surface area contributed by atoms with Gasteiger partial charge in [-0.1, -0.05) is 78.9 Å². The van der Waals surface area contributed by atoms with E-state index < -0.39 is 0 Å². The monoisotopic (exact) mass is 556 g/mol. The number of anilines is 5. The summed E-state index contributed by atoms with van der Waals surface area (Å²) < 4.78 is 6.35. The first-order valence-corrected chi connectivity index (χ1v) is 14.4. The van der Waals surface area contributed by atoms with Crippen molar-refractivity contribution in [2.24, 2.45) is 0 Å². The SMILES string of the molecule is C1=CN(c2cccc(N(c3ccccc3)c3cccc(-c4cccc5c4oc4ccccc45)n3)c2)CN1c1ccccc1. The van der Waals surface area contributed by atoms with Gasteiger partial charge < -0.3 is 14.2 Å². The van der Waals surface area contributed by atoms with E-state index in [-0.39, 0.29) is 0 Å². The Morgan fingerprint density at radius 2 is 1.21 bits per heavy atom. The molecule has 0 saturated heterocycles. The fraction of sp³-hybridized carbons (Fsp3) is 0.0263. The number of benzene rings is 5. The van der Waals surface area contributed by atoms with Crippen molar-refractivity contribution in [2.45, 2.75) is 0 Å². The molecule has 206 valence electrons. The molecule has 0 saturated carbocycles. The van der Waals surface area contributed by atoms with E-state index in [2.05, 4.69) is 142 Å². The molecule has 1 aliphatic heterocycles. The van der Waals surface area contributed by atoms with Crippen LogP contribution in [0.2, 0.25) is 0 Å². The van der Waals surface area contributed by atoms with Gasteiger partial charge in [0.25, 0.3) is 0 Å². The molecule has 0 N–H and O–H groups in total. The number of rotatable bonds is 6. The molecule has 2 aromatic heterocycles. The maximum absolute atomic E-state index is 6.35. The van der Waals surface area contributed by atoms with Crippen molar-refractivity contribution in [3.8, 4) is 11.3 Å². The Hall–Kier alpha value is -5.81. The molecule has 0 atom stereocenters. The van der Waals surface area contributed by atoms with Gasteiger partial charge in [0, 0.05) is 51.5 Å². The molecule has 0 fully saturated rings. The van der Waals surface area contributed by atoms with Gasteiger partial charge in [0.15, 0.2) is 0 Å². The van der Waals surface area contributed by atoms with E-state index in [0.29, 0.717) is 0 Å². The standard InChI is InChI=1S/C38H28N4O/c1-3-12-28(13-4-1)40-24-25-41(27-40)30-16-9-17-31(26-30)42(29-14-5-2-6-15-29)37-23-11-21-35(39-37)34-20-10-19-33-32-18-7-8-22-36(32)43-38(33)34/h1-26H,27H2. The predicted octanol–water partition coefficient (Wildman–Crippen LogP) is 9.87. The molecule has 43 heavy (non-hydrogen) atoms. The van der Waals surface area contributed by atoms with Crippen LogP contribution in [-0.4, -0.2) is 11.7 Å². The molecule has 0 spiro atoms. The summed E-state index contributed by atoms with van der Waals surface area (Å²) in [7, 11) is 0. The number of fused-ring (bicyclic) bond motifs is 3. The number of nitrogens with zero attached hydrogens (tertiary/aromatic N) is 4. The van der Waals surface area contributed by atoms with Crippen molar-refractivity contribution in [1.82, 2.24) is 4.98 Å². The van der Waals surface area contributed by atoms with Crippen LogP contribution in [0.25, 0.3) is 33.2 Å². The molecule has 3 heterocycles. The van der Waals surface area contributed by atoms with Crippen LogP contribution in [0.5, 0.6) is 0 Å². The molecule has 8 rings (SSSR count). The van der Waals surface area contributed by atoms with Gasteiger partial charge in [0.1, 0.15) is 17.0 Å². The highest BCUT2D eigenvalue weighted by Crippen LogP contribution is 2.39. The minimum absolute atomic E-state index is 0.744. The summed E-state index contributed by atoms with van der Waals surface area (Å²) in [5.41, 5.74) is 7.91. The summed E-state index contributed by atoms with van der Waals surface area (Å²) in [4.78, 5) is 11.9. The van der Waals surface area contributed by atoms with Crippen LogP contribution in [0.3, 0.4) is 0 Å². The smallest absolute Gasteiger partial charge is 0.144 e. The van der Waals surface area contributed by atoms with E-state index in [1.165, 1.54) is 5.69 Å². The minimum Gasteiger partial charge on any atom is -0.455 e. The first-order chi connectivity index (χ1) is 21.3. The lowest BCUT2D eigenvalue weighted by Gasteiger charge is -2.27. The summed E-state index contributed by atoms with van der Waals surface area (Å²) in [5.74, 6) is 0.830. The summed E-state index contributed by atoms with van der Waals surface area (Å²) in [6, 6.07) is 50.1. The maximum Gasteiger partial charge on any atom is 0.144 e. The Morgan fingerprint density at radius 1 is 0.558 bits per heavy atom. The molecule has 5 nitrogen and oxygen atoms in total. The van der Waals surface area contributed by atoms with Crippen LogP contribution in [0.4, 0.5) is 28.6 Å². The lowest BCUT2D eigenvalue weighted by atomic mass is 10.1. The van der Waals surface area contributed by atoms with Crippen LogP contribution >= 0.6 is 0 Å². The van der Waals surface area contributed by atoms with Crippen molar-refractivity contribution in [3.63, 3.8) is 0 Å². The molecule has 0 aliphatic carbocycles. The third-order valence-corrected chi connectivity index (χ3v) is 7.90. The quantitative estimate of drug-likeness (QED) is 0.204. The van der Waals surface area contributed by atoms with E-state index in [9.17, 15) is 0 Å². The first-order valence-electron chi connectivity index (χ1n) is 14.4. The predicted molar refractivity (Wildman–Crippen MR) is 177 cm³/mol. The highest BCUT2D eigenvalue weighted by molar-refractivity contribution is 6.09. The summed E-state index contributed by atoms with van der Waals surface area (Å²) in [6.45, 7) is 0.744. The van der Waals surface area contributed by atoms with Crippen molar-refractivity contribution < 1.29 is 4.42 Å². The number of para-hydroxylation sites is 4. The second-order valence-corrected chi connectivity index (χ2v) is 10.6. The summed E-state index contributed by atoms with van der Waals surface area (Å²) in [5, 5.41) is 2.20. The third kappa shape index (κ3) is 4.57. The molecule has 0 radical (unpaired) electrons. The van der Waals surface area contributed by atoms with Gasteiger partial charge in [-0.25, -0.2) is 4.98 Å². The zero-order valence-corrected chi connectivity index (χ0v) is 23.4. The Labute approximate surface area is 250 Å². The van der Waals surface area contributed by atoms with Gasteiger partial charge in [0.05, 0.1) is 12.4 Å². The van der Waals surface area contributed by atoms with Gasteiger partial charge in [-0.2, -0.15) is 0 Å². The van der Waals surface area contributed by atoms with Crippen molar-refractivity contribution in [1.29, 1.82) is 0 Å². The van der Waals surface area contributed by atoms with Gasteiger partial charge in [-0.15, -0.1) is 0 Å². The highest BCUT2D eigenvalue weighted by Gasteiger charge is 2.20. The summed E-state index contributed by atoms with van der Waals surface area (Å²) >= 11 is 0. The lowest BCUT2D eigenvalue weighted by molar-refractivity contribution is 0.670. The Kier molecular flexibility index (Phi) is 6.12. The zero-order valence-electron chi connectivity index (χ0n) is 23.4. The molecule has 1 aliphatic rings. The first kappa shape index (κ1) is 24.9. The van der Waals surface area contributed by atoms with E-state index in [1.807, 2.05) is 30.3 Å². The third-order valence-electron chi connectivity index (χ3n) is 7.90. The van der Waals surface area contributed by atoms with Crippen LogP contribution in [0, 0.1) is 0 Å². The molecular formula is C38H28N4O. The Balaban J connectivity index is 1.19. The van der Waals surface area contributed by atoms with Gasteiger partial charge in [0.2, 0.25) is 0 Å². The second-order valence-electron chi connectivity index (χ2n) is 10.6. The van der Waals surface area contributed by atoms with E-state index in [1.54, 1.807) is 0 Å². The maximum atomic E-state index is 6.35. The van der Waals surface area contributed by atoms with Gasteiger partial charge >= 0.3 is 0 Å². The van der Waals surface area contributed by atoms with E-state index in [4.69, 9.17) is 9.40 Å². The topological polar surface area (TPSA) is 35.8 Å². The molecule has 0 amide bonds. The minimum atomic E-state index is 0.744. The normalized spacial score (nSPS) is 12.8. The zero-order chi connectivity index (χ0) is 28.6. The van der Waals surface area contributed by atoms with Crippen molar-refractivity contribution >= 4 is 50.5 Å². The van der Waals surface area contributed by atoms with Gasteiger partial charge in [-0.05, 0) is 66.7 Å². The lowest BCUT2D eigenvalue weighted by Crippen LogP contribution is -2.24. The van der Waals surface area contributed by atoms with Gasteiger partial charge in [-0.3, -0.25) is 4.90 Å². The number of furan rings is 1. The number of aromatic nitrogens is 1. The van der Waals surface area contributed by atoms with Crippen LogP contribution in [0.15, 0.2) is 162 Å². The molecular weight excluding hydrogens is 528 g/mol. The molecule has 5 aromatic carbocycles. The number of hydrogen-bond acceptors (Lipinski definition) is 5. The average Bonchev–Trinajstić information content (AvgIpc) is 3.72. The Morgan fingerprint density at radius 3 is 2.07 bits per heavy atom. The molecule has 5 heteroatoms. The van der Waals surface area contributed by atoms with Crippen molar-refractivity contribution in [2.75, 3.05) is 21.4 Å². The Bertz CT molecular complexity index is 2080. The van der Waals surface area contributed by atoms with Crippen molar-refractivity contribution in [3.05, 3.63) is 158 Å². The highest BCUT2D eigenvalue weighted by atomic mass is 16.3. The fourth-order valence-electron chi connectivity index (χ4n) is 5.82. The molecule has 7 aromatic rings. The van der Waals surface area contributed by atoms with Crippen LogP contribution in [-0.2, 0) is 0 Å². The molecule has 0 unspecified atom stereocenters. The number of pyridine rings is 1. The second kappa shape index (κ2) is 10.5. The fourth-order valence-corrected chi connectivity index (χ4v) is 5.82. The van der Waals surface area contributed by atoms with E-state index >= 15 is 0 Å². The van der Waals surface area contributed by atoms with Crippen LogP contribution in [0.1, 0.15) is 0 Å². The number of hydrogen-bond donors (Lipinski definition) is 0. The van der Waals surface area contributed by atoms with Crippen LogP contribution < -0.4 is 14.7 Å². The van der Waals surface area contributed by atoms with E-state index in [0.717, 1.165) is 62.7 Å². The average molecular weight is 557 g/mol. The molecule has 0 bridgehead atoms. The summed E-state index contributed by atoms with van der Waals surface area (Å²) in [6.07, 6.45) is 4.26.